The largest absolute Gasteiger partial charge is 0.462 e. The molecule has 0 aliphatic rings. The van der Waals surface area contributed by atoms with Gasteiger partial charge >= 0.3 is 5.97 Å². The van der Waals surface area contributed by atoms with Gasteiger partial charge < -0.3 is 20.3 Å². The van der Waals surface area contributed by atoms with Gasteiger partial charge in [0.1, 0.15) is 6.10 Å². The van der Waals surface area contributed by atoms with Crippen LogP contribution >= 0.6 is 0 Å². The Bertz CT molecular complexity index is 1000. The molecule has 0 saturated heterocycles. The molecule has 0 radical (unpaired) electrons. The number of allylic oxidation sites excluding steroid dienone is 8. The SMILES string of the molecule is CC/C=C/C/C=C/C/C=C/CCCCC(CC(=O)NC(CO)C(O)CCCCCCCCCCCCCCCCCCC)OC(=O)CCCCCCC/C=C\CCC. The zero-order valence-electron chi connectivity index (χ0n) is 38.4. The molecule has 3 atom stereocenters. The molecule has 3 N–H and O–H groups in total. The number of ether oxygens (including phenoxy) is 1. The highest BCUT2D eigenvalue weighted by atomic mass is 16.5. The molecular weight excluding hydrogens is 719 g/mol. The number of hydrogen-bond acceptors (Lipinski definition) is 5. The third-order valence-corrected chi connectivity index (χ3v) is 11.1. The van der Waals surface area contributed by atoms with Gasteiger partial charge in [-0.05, 0) is 77.0 Å². The first-order valence-electron chi connectivity index (χ1n) is 24.9. The summed E-state index contributed by atoms with van der Waals surface area (Å²) in [4.78, 5) is 26.0. The van der Waals surface area contributed by atoms with Crippen molar-refractivity contribution < 1.29 is 24.5 Å². The molecular formula is C52H95NO5. The van der Waals surface area contributed by atoms with Crippen molar-refractivity contribution >= 4 is 11.9 Å². The molecule has 58 heavy (non-hydrogen) atoms. The summed E-state index contributed by atoms with van der Waals surface area (Å²) in [6.07, 6.45) is 54.7. The predicted octanol–water partition coefficient (Wildman–Crippen LogP) is 14.7. The van der Waals surface area contributed by atoms with Gasteiger partial charge in [-0.25, -0.2) is 0 Å². The number of unbranched alkanes of at least 4 members (excludes halogenated alkanes) is 24. The van der Waals surface area contributed by atoms with Gasteiger partial charge in [0, 0.05) is 6.42 Å². The monoisotopic (exact) mass is 814 g/mol. The fourth-order valence-electron chi connectivity index (χ4n) is 7.39. The molecule has 0 bridgehead atoms. The van der Waals surface area contributed by atoms with Crippen molar-refractivity contribution in [1.82, 2.24) is 5.32 Å². The lowest BCUT2D eigenvalue weighted by Gasteiger charge is -2.24. The second kappa shape index (κ2) is 45.9. The molecule has 0 aromatic rings. The van der Waals surface area contributed by atoms with E-state index in [-0.39, 0.29) is 24.9 Å². The molecule has 0 aromatic heterocycles. The van der Waals surface area contributed by atoms with E-state index in [1.165, 1.54) is 109 Å². The number of aliphatic hydroxyl groups excluding tert-OH is 2. The average molecular weight is 814 g/mol. The van der Waals surface area contributed by atoms with Gasteiger partial charge in [0.25, 0.3) is 0 Å². The van der Waals surface area contributed by atoms with E-state index in [1.54, 1.807) is 0 Å². The van der Waals surface area contributed by atoms with Crippen LogP contribution in [0.25, 0.3) is 0 Å². The number of nitrogens with one attached hydrogen (secondary N) is 1. The number of aliphatic hydroxyl groups is 2. The average Bonchev–Trinajstić information content (AvgIpc) is 3.22. The molecule has 0 aliphatic carbocycles. The Labute approximate surface area is 359 Å². The summed E-state index contributed by atoms with van der Waals surface area (Å²) < 4.78 is 5.88. The van der Waals surface area contributed by atoms with Gasteiger partial charge in [0.2, 0.25) is 5.91 Å². The number of hydrogen-bond donors (Lipinski definition) is 3. The van der Waals surface area contributed by atoms with Crippen LogP contribution < -0.4 is 5.32 Å². The lowest BCUT2D eigenvalue weighted by atomic mass is 10.0. The van der Waals surface area contributed by atoms with Gasteiger partial charge in [-0.2, -0.15) is 0 Å². The highest BCUT2D eigenvalue weighted by molar-refractivity contribution is 5.77. The molecule has 6 nitrogen and oxygen atoms in total. The minimum absolute atomic E-state index is 0.0484. The lowest BCUT2D eigenvalue weighted by Crippen LogP contribution is -2.46. The number of rotatable bonds is 44. The fraction of sp³-hybridized carbons (Fsp3) is 0.808. The molecule has 338 valence electrons. The van der Waals surface area contributed by atoms with Crippen LogP contribution in [0.4, 0.5) is 0 Å². The third-order valence-electron chi connectivity index (χ3n) is 11.1. The predicted molar refractivity (Wildman–Crippen MR) is 250 cm³/mol. The number of carbonyl (C=O) groups is 2. The van der Waals surface area contributed by atoms with Crippen LogP contribution in [0.1, 0.15) is 245 Å². The first-order chi connectivity index (χ1) is 28.5. The Hall–Kier alpha value is -2.18. The minimum atomic E-state index is -0.798. The van der Waals surface area contributed by atoms with E-state index in [0.29, 0.717) is 19.3 Å². The van der Waals surface area contributed by atoms with Crippen LogP contribution in [-0.4, -0.2) is 46.9 Å². The third kappa shape index (κ3) is 40.6. The molecule has 0 aliphatic heterocycles. The Morgan fingerprint density at radius 1 is 0.517 bits per heavy atom. The fourth-order valence-corrected chi connectivity index (χ4v) is 7.39. The maximum atomic E-state index is 13.2. The Morgan fingerprint density at radius 3 is 1.52 bits per heavy atom. The van der Waals surface area contributed by atoms with Crippen LogP contribution in [-0.2, 0) is 14.3 Å². The zero-order valence-corrected chi connectivity index (χ0v) is 38.4. The first-order valence-corrected chi connectivity index (χ1v) is 24.9. The van der Waals surface area contributed by atoms with E-state index in [4.69, 9.17) is 4.74 Å². The van der Waals surface area contributed by atoms with Gasteiger partial charge in [0.05, 0.1) is 25.2 Å². The van der Waals surface area contributed by atoms with Gasteiger partial charge in [-0.3, -0.25) is 9.59 Å². The Kier molecular flexibility index (Phi) is 44.2. The highest BCUT2D eigenvalue weighted by Gasteiger charge is 2.24. The summed E-state index contributed by atoms with van der Waals surface area (Å²) >= 11 is 0. The Balaban J connectivity index is 4.51. The highest BCUT2D eigenvalue weighted by Crippen LogP contribution is 2.17. The van der Waals surface area contributed by atoms with Crippen LogP contribution in [0.2, 0.25) is 0 Å². The van der Waals surface area contributed by atoms with Crippen LogP contribution in [0.15, 0.2) is 48.6 Å². The summed E-state index contributed by atoms with van der Waals surface area (Å²) in [7, 11) is 0. The summed E-state index contributed by atoms with van der Waals surface area (Å²) in [6.45, 7) is 6.30. The van der Waals surface area contributed by atoms with E-state index in [2.05, 4.69) is 74.7 Å². The maximum absolute atomic E-state index is 13.2. The van der Waals surface area contributed by atoms with Crippen molar-refractivity contribution in [2.45, 2.75) is 264 Å². The van der Waals surface area contributed by atoms with Crippen LogP contribution in [0, 0.1) is 0 Å². The van der Waals surface area contributed by atoms with Crippen LogP contribution in [0.5, 0.6) is 0 Å². The van der Waals surface area contributed by atoms with Gasteiger partial charge in [0.15, 0.2) is 0 Å². The standard InChI is InChI=1S/C52H95NO5/c1-4-7-10-13-16-19-22-24-25-26-27-28-30-32-35-38-41-44-50(55)49(47-54)53-51(56)46-48(43-40-37-34-31-29-23-20-17-14-11-8-5-2)58-52(57)45-42-39-36-33-21-18-15-12-9-6-3/h8,11-12,15,17,20,29,31,48-50,54-55H,4-7,9-10,13-14,16,18-19,21-28,30,32-47H2,1-3H3,(H,53,56)/b11-8+,15-12-,20-17+,31-29+. The molecule has 0 heterocycles. The molecule has 0 spiro atoms. The van der Waals surface area contributed by atoms with Crippen molar-refractivity contribution in [2.24, 2.45) is 0 Å². The smallest absolute Gasteiger partial charge is 0.306 e. The second-order valence-electron chi connectivity index (χ2n) is 16.8. The molecule has 1 amide bonds. The van der Waals surface area contributed by atoms with Crippen molar-refractivity contribution in [1.29, 1.82) is 0 Å². The summed E-state index contributed by atoms with van der Waals surface area (Å²) in [5.74, 6) is -0.523. The summed E-state index contributed by atoms with van der Waals surface area (Å²) in [5.41, 5.74) is 0. The Morgan fingerprint density at radius 2 is 0.966 bits per heavy atom. The van der Waals surface area contributed by atoms with Gasteiger partial charge in [-0.1, -0.05) is 204 Å². The van der Waals surface area contributed by atoms with E-state index >= 15 is 0 Å². The molecule has 0 fully saturated rings. The van der Waals surface area contributed by atoms with E-state index in [1.807, 2.05) is 0 Å². The molecule has 0 rings (SSSR count). The number of carbonyl (C=O) groups excluding carboxylic acids is 2. The quantitative estimate of drug-likeness (QED) is 0.0323. The number of amides is 1. The van der Waals surface area contributed by atoms with Crippen LogP contribution in [0.3, 0.4) is 0 Å². The molecule has 3 unspecified atom stereocenters. The number of esters is 1. The molecule has 0 aromatic carbocycles. The van der Waals surface area contributed by atoms with Crippen molar-refractivity contribution in [3.8, 4) is 0 Å². The minimum Gasteiger partial charge on any atom is -0.462 e. The van der Waals surface area contributed by atoms with Gasteiger partial charge in [-0.15, -0.1) is 0 Å². The summed E-state index contributed by atoms with van der Waals surface area (Å²) in [5, 5.41) is 23.7. The van der Waals surface area contributed by atoms with E-state index in [0.717, 1.165) is 89.9 Å². The maximum Gasteiger partial charge on any atom is 0.306 e. The van der Waals surface area contributed by atoms with Crippen molar-refractivity contribution in [3.63, 3.8) is 0 Å². The molecule has 6 heteroatoms. The van der Waals surface area contributed by atoms with E-state index < -0.39 is 18.2 Å². The zero-order chi connectivity index (χ0) is 42.4. The van der Waals surface area contributed by atoms with Crippen molar-refractivity contribution in [2.75, 3.05) is 6.61 Å². The lowest BCUT2D eigenvalue weighted by molar-refractivity contribution is -0.151. The normalized spacial score (nSPS) is 13.7. The first kappa shape index (κ1) is 55.8. The topological polar surface area (TPSA) is 95.9 Å². The second-order valence-corrected chi connectivity index (χ2v) is 16.8. The van der Waals surface area contributed by atoms with E-state index in [9.17, 15) is 19.8 Å². The molecule has 0 saturated carbocycles. The summed E-state index contributed by atoms with van der Waals surface area (Å²) in [6, 6.07) is -0.714. The van der Waals surface area contributed by atoms with Crippen molar-refractivity contribution in [3.05, 3.63) is 48.6 Å².